The number of benzene rings is 1. The molecule has 1 saturated carbocycles. The summed E-state index contributed by atoms with van der Waals surface area (Å²) in [6, 6.07) is 10.2. The van der Waals surface area contributed by atoms with Crippen molar-refractivity contribution in [3.8, 4) is 0 Å². The lowest BCUT2D eigenvalue weighted by Gasteiger charge is -2.29. The second kappa shape index (κ2) is 6.42. The van der Waals surface area contributed by atoms with Crippen LogP contribution in [0.25, 0.3) is 0 Å². The van der Waals surface area contributed by atoms with Crippen LogP contribution in [0, 0.1) is 12.8 Å². The first-order valence-electron chi connectivity index (χ1n) is 8.04. The summed E-state index contributed by atoms with van der Waals surface area (Å²) in [4.78, 5) is 17.9. The van der Waals surface area contributed by atoms with E-state index < -0.39 is 0 Å². The Morgan fingerprint density at radius 1 is 1.39 bits per heavy atom. The maximum atomic E-state index is 12.6. The van der Waals surface area contributed by atoms with Crippen LogP contribution >= 0.6 is 11.3 Å². The van der Waals surface area contributed by atoms with Crippen molar-refractivity contribution in [3.63, 3.8) is 0 Å². The third-order valence-corrected chi connectivity index (χ3v) is 5.70. The Morgan fingerprint density at radius 2 is 2.09 bits per heavy atom. The predicted octanol–water partition coefficient (Wildman–Crippen LogP) is 2.90. The molecule has 1 fully saturated rings. The van der Waals surface area contributed by atoms with E-state index in [0.717, 1.165) is 30.0 Å². The molecule has 5 heteroatoms. The standard InChI is InChI=1S/C18H23N3OS/c1-12-16(17(22)21-18(2,11-19)14-8-9-14)23-15(20-12)10-13-6-4-3-5-7-13/h3-7,14H,8-11,19H2,1-2H3,(H,21,22). The van der Waals surface area contributed by atoms with E-state index in [9.17, 15) is 4.79 Å². The Bertz CT molecular complexity index is 694. The maximum Gasteiger partial charge on any atom is 0.263 e. The van der Waals surface area contributed by atoms with Crippen molar-refractivity contribution >= 4 is 17.2 Å². The van der Waals surface area contributed by atoms with Crippen LogP contribution in [0.2, 0.25) is 0 Å². The molecule has 1 aromatic carbocycles. The molecule has 0 aliphatic heterocycles. The quantitative estimate of drug-likeness (QED) is 0.856. The van der Waals surface area contributed by atoms with Gasteiger partial charge in [0.15, 0.2) is 0 Å². The first-order chi connectivity index (χ1) is 11.0. The first kappa shape index (κ1) is 16.1. The van der Waals surface area contributed by atoms with Gasteiger partial charge in [0.05, 0.1) is 16.2 Å². The number of rotatable bonds is 6. The van der Waals surface area contributed by atoms with Crippen LogP contribution in [0.4, 0.5) is 0 Å². The average Bonchev–Trinajstić information content (AvgIpc) is 3.33. The summed E-state index contributed by atoms with van der Waals surface area (Å²) in [7, 11) is 0. The predicted molar refractivity (Wildman–Crippen MR) is 93.7 cm³/mol. The number of carbonyl (C=O) groups excluding carboxylic acids is 1. The van der Waals surface area contributed by atoms with Gasteiger partial charge in [-0.25, -0.2) is 4.98 Å². The number of hydrogen-bond acceptors (Lipinski definition) is 4. The largest absolute Gasteiger partial charge is 0.345 e. The zero-order chi connectivity index (χ0) is 16.4. The second-order valence-electron chi connectivity index (χ2n) is 6.53. The van der Waals surface area contributed by atoms with Crippen molar-refractivity contribution in [1.29, 1.82) is 0 Å². The number of hydrogen-bond donors (Lipinski definition) is 2. The molecule has 23 heavy (non-hydrogen) atoms. The highest BCUT2D eigenvalue weighted by molar-refractivity contribution is 7.13. The van der Waals surface area contributed by atoms with Gasteiger partial charge in [-0.3, -0.25) is 4.79 Å². The molecular weight excluding hydrogens is 306 g/mol. The van der Waals surface area contributed by atoms with Crippen molar-refractivity contribution in [2.75, 3.05) is 6.54 Å². The number of amides is 1. The SMILES string of the molecule is Cc1nc(Cc2ccccc2)sc1C(=O)NC(C)(CN)C1CC1. The minimum atomic E-state index is -0.299. The third kappa shape index (κ3) is 3.62. The molecule has 1 aromatic heterocycles. The fourth-order valence-electron chi connectivity index (χ4n) is 2.87. The molecule has 1 atom stereocenters. The van der Waals surface area contributed by atoms with Crippen LogP contribution in [0.15, 0.2) is 30.3 Å². The van der Waals surface area contributed by atoms with Gasteiger partial charge in [0.25, 0.3) is 5.91 Å². The van der Waals surface area contributed by atoms with Crippen LogP contribution < -0.4 is 11.1 Å². The van der Waals surface area contributed by atoms with Crippen molar-refractivity contribution in [1.82, 2.24) is 10.3 Å². The normalized spacial score (nSPS) is 16.8. The highest BCUT2D eigenvalue weighted by atomic mass is 32.1. The Kier molecular flexibility index (Phi) is 4.50. The molecule has 3 rings (SSSR count). The van der Waals surface area contributed by atoms with Gasteiger partial charge in [-0.15, -0.1) is 11.3 Å². The number of nitrogens with two attached hydrogens (primary N) is 1. The van der Waals surface area contributed by atoms with E-state index in [4.69, 9.17) is 5.73 Å². The van der Waals surface area contributed by atoms with Crippen LogP contribution in [0.3, 0.4) is 0 Å². The average molecular weight is 329 g/mol. The fraction of sp³-hybridized carbons (Fsp3) is 0.444. The molecule has 1 aliphatic carbocycles. The summed E-state index contributed by atoms with van der Waals surface area (Å²) in [6.45, 7) is 4.42. The highest BCUT2D eigenvalue weighted by Gasteiger charge is 2.42. The number of aryl methyl sites for hydroxylation is 1. The smallest absolute Gasteiger partial charge is 0.263 e. The van der Waals surface area contributed by atoms with Crippen molar-refractivity contribution in [2.45, 2.75) is 38.6 Å². The van der Waals surface area contributed by atoms with Gasteiger partial charge in [0.1, 0.15) is 4.88 Å². The van der Waals surface area contributed by atoms with E-state index in [-0.39, 0.29) is 11.4 Å². The van der Waals surface area contributed by atoms with Gasteiger partial charge in [-0.05, 0) is 38.2 Å². The Hall–Kier alpha value is -1.72. The number of nitrogens with zero attached hydrogens (tertiary/aromatic N) is 1. The monoisotopic (exact) mass is 329 g/mol. The zero-order valence-corrected chi connectivity index (χ0v) is 14.5. The van der Waals surface area contributed by atoms with Crippen LogP contribution in [0.5, 0.6) is 0 Å². The molecule has 0 bridgehead atoms. The van der Waals surface area contributed by atoms with E-state index in [1.165, 1.54) is 16.9 Å². The van der Waals surface area contributed by atoms with Crippen molar-refractivity contribution < 1.29 is 4.79 Å². The molecule has 1 amide bonds. The molecule has 3 N–H and O–H groups in total. The minimum absolute atomic E-state index is 0.0424. The summed E-state index contributed by atoms with van der Waals surface area (Å²) >= 11 is 1.48. The number of aromatic nitrogens is 1. The molecule has 1 unspecified atom stereocenters. The van der Waals surface area contributed by atoms with Gasteiger partial charge >= 0.3 is 0 Å². The van der Waals surface area contributed by atoms with E-state index in [0.29, 0.717) is 17.3 Å². The molecule has 0 spiro atoms. The van der Waals surface area contributed by atoms with Crippen molar-refractivity contribution in [3.05, 3.63) is 51.5 Å². The van der Waals surface area contributed by atoms with Crippen LogP contribution in [0.1, 0.15) is 45.7 Å². The van der Waals surface area contributed by atoms with E-state index in [1.807, 2.05) is 32.0 Å². The summed E-state index contributed by atoms with van der Waals surface area (Å²) < 4.78 is 0. The number of thiazole rings is 1. The van der Waals surface area contributed by atoms with Crippen LogP contribution in [-0.4, -0.2) is 23.0 Å². The van der Waals surface area contributed by atoms with Crippen LogP contribution in [-0.2, 0) is 6.42 Å². The molecule has 0 radical (unpaired) electrons. The lowest BCUT2D eigenvalue weighted by molar-refractivity contribution is 0.0901. The lowest BCUT2D eigenvalue weighted by Crippen LogP contribution is -2.53. The second-order valence-corrected chi connectivity index (χ2v) is 7.62. The van der Waals surface area contributed by atoms with E-state index in [1.54, 1.807) is 0 Å². The molecule has 4 nitrogen and oxygen atoms in total. The number of nitrogens with one attached hydrogen (secondary N) is 1. The Balaban J connectivity index is 1.74. The van der Waals surface area contributed by atoms with E-state index in [2.05, 4.69) is 22.4 Å². The van der Waals surface area contributed by atoms with Gasteiger partial charge in [0.2, 0.25) is 0 Å². The molecule has 2 aromatic rings. The fourth-order valence-corrected chi connectivity index (χ4v) is 3.86. The summed E-state index contributed by atoms with van der Waals surface area (Å²) in [5, 5.41) is 4.12. The lowest BCUT2D eigenvalue weighted by atomic mass is 9.96. The molecular formula is C18H23N3OS. The molecule has 122 valence electrons. The Labute approximate surface area is 141 Å². The van der Waals surface area contributed by atoms with Gasteiger partial charge < -0.3 is 11.1 Å². The zero-order valence-electron chi connectivity index (χ0n) is 13.6. The maximum absolute atomic E-state index is 12.6. The Morgan fingerprint density at radius 3 is 2.70 bits per heavy atom. The van der Waals surface area contributed by atoms with E-state index >= 15 is 0 Å². The first-order valence-corrected chi connectivity index (χ1v) is 8.86. The summed E-state index contributed by atoms with van der Waals surface area (Å²) in [5.41, 5.74) is 7.60. The summed E-state index contributed by atoms with van der Waals surface area (Å²) in [6.07, 6.45) is 3.06. The van der Waals surface area contributed by atoms with Gasteiger partial charge in [-0.1, -0.05) is 30.3 Å². The number of carbonyl (C=O) groups is 1. The molecule has 0 saturated heterocycles. The highest BCUT2D eigenvalue weighted by Crippen LogP contribution is 2.39. The van der Waals surface area contributed by atoms with Gasteiger partial charge in [0, 0.05) is 13.0 Å². The third-order valence-electron chi connectivity index (χ3n) is 4.55. The van der Waals surface area contributed by atoms with Crippen molar-refractivity contribution in [2.24, 2.45) is 11.7 Å². The minimum Gasteiger partial charge on any atom is -0.345 e. The topological polar surface area (TPSA) is 68.0 Å². The molecule has 1 heterocycles. The molecule has 1 aliphatic rings. The summed E-state index contributed by atoms with van der Waals surface area (Å²) in [5.74, 6) is 0.465. The van der Waals surface area contributed by atoms with Gasteiger partial charge in [-0.2, -0.15) is 0 Å².